The molecule has 7 heteroatoms. The van der Waals surface area contributed by atoms with Crippen LogP contribution in [0.1, 0.15) is 16.7 Å². The topological polar surface area (TPSA) is 75.1 Å². The zero-order valence-corrected chi connectivity index (χ0v) is 15.4. The van der Waals surface area contributed by atoms with Crippen LogP contribution < -0.4 is 20.2 Å². The van der Waals surface area contributed by atoms with E-state index in [1.807, 2.05) is 32.0 Å². The maximum atomic E-state index is 9.90. The third kappa shape index (κ3) is 4.60. The van der Waals surface area contributed by atoms with Gasteiger partial charge in [-0.2, -0.15) is 5.10 Å². The number of anilines is 1. The van der Waals surface area contributed by atoms with Crippen LogP contribution >= 0.6 is 12.2 Å². The Bertz CT molecular complexity index is 781. The van der Waals surface area contributed by atoms with E-state index in [1.54, 1.807) is 18.3 Å². The number of aryl methyl sites for hydroxylation is 1. The molecule has 0 aromatic heterocycles. The normalized spacial score (nSPS) is 10.6. The van der Waals surface area contributed by atoms with Crippen molar-refractivity contribution in [3.8, 4) is 17.2 Å². The molecular weight excluding hydrogens is 338 g/mol. The third-order valence-electron chi connectivity index (χ3n) is 3.73. The quantitative estimate of drug-likeness (QED) is 0.432. The first-order chi connectivity index (χ1) is 12.0. The van der Waals surface area contributed by atoms with Crippen LogP contribution in [0.15, 0.2) is 35.4 Å². The second-order valence-corrected chi connectivity index (χ2v) is 5.75. The number of ether oxygens (including phenoxy) is 2. The summed E-state index contributed by atoms with van der Waals surface area (Å²) in [5.74, 6) is 0.552. The Labute approximate surface area is 152 Å². The number of thiocarbonyl (C=S) groups is 1. The van der Waals surface area contributed by atoms with E-state index in [-0.39, 0.29) is 5.75 Å². The van der Waals surface area contributed by atoms with Crippen LogP contribution in [0.4, 0.5) is 5.69 Å². The molecule has 0 spiro atoms. The van der Waals surface area contributed by atoms with E-state index >= 15 is 0 Å². The molecule has 0 radical (unpaired) electrons. The molecule has 0 atom stereocenters. The van der Waals surface area contributed by atoms with Crippen molar-refractivity contribution < 1.29 is 14.6 Å². The standard InChI is InChI=1S/C18H21N3O3S/c1-11-6-5-7-14(12(11)2)20-18(25)21-19-10-13-8-15(23-3)17(22)16(9-13)24-4/h5-10,22H,1-4H3,(H2,20,21,25). The molecule has 132 valence electrons. The molecule has 2 aromatic carbocycles. The highest BCUT2D eigenvalue weighted by molar-refractivity contribution is 7.80. The molecular formula is C18H21N3O3S. The van der Waals surface area contributed by atoms with Crippen LogP contribution in [-0.2, 0) is 0 Å². The van der Waals surface area contributed by atoms with Crippen molar-refractivity contribution in [2.75, 3.05) is 19.5 Å². The number of nitrogens with zero attached hydrogens (tertiary/aromatic N) is 1. The first-order valence-corrected chi connectivity index (χ1v) is 7.98. The number of methoxy groups -OCH3 is 2. The maximum absolute atomic E-state index is 9.90. The van der Waals surface area contributed by atoms with Gasteiger partial charge in [0, 0.05) is 11.3 Å². The summed E-state index contributed by atoms with van der Waals surface area (Å²) in [6.07, 6.45) is 1.56. The molecule has 0 saturated carbocycles. The molecule has 3 N–H and O–H groups in total. The summed E-state index contributed by atoms with van der Waals surface area (Å²) >= 11 is 5.25. The number of hydrogen-bond donors (Lipinski definition) is 3. The number of hydrogen-bond acceptors (Lipinski definition) is 5. The second kappa shape index (κ2) is 8.34. The molecule has 0 saturated heterocycles. The Balaban J connectivity index is 2.05. The molecule has 6 nitrogen and oxygen atoms in total. The first kappa shape index (κ1) is 18.5. The van der Waals surface area contributed by atoms with Crippen LogP contribution in [0.5, 0.6) is 17.2 Å². The van der Waals surface area contributed by atoms with Crippen LogP contribution in [-0.4, -0.2) is 30.7 Å². The molecule has 2 rings (SSSR count). The van der Waals surface area contributed by atoms with E-state index < -0.39 is 0 Å². The van der Waals surface area contributed by atoms with Crippen molar-refractivity contribution in [1.29, 1.82) is 0 Å². The number of rotatable bonds is 5. The van der Waals surface area contributed by atoms with Gasteiger partial charge in [0.05, 0.1) is 20.4 Å². The first-order valence-electron chi connectivity index (χ1n) is 7.57. The van der Waals surface area contributed by atoms with E-state index in [0.29, 0.717) is 22.2 Å². The minimum atomic E-state index is -0.0535. The fraction of sp³-hybridized carbons (Fsp3) is 0.222. The van der Waals surface area contributed by atoms with Crippen LogP contribution in [0.25, 0.3) is 0 Å². The van der Waals surface area contributed by atoms with Gasteiger partial charge in [-0.3, -0.25) is 5.43 Å². The highest BCUT2D eigenvalue weighted by Gasteiger charge is 2.10. The zero-order valence-electron chi connectivity index (χ0n) is 14.6. The van der Waals surface area contributed by atoms with Crippen LogP contribution in [0, 0.1) is 13.8 Å². The summed E-state index contributed by atoms with van der Waals surface area (Å²) < 4.78 is 10.2. The van der Waals surface area contributed by atoms with Gasteiger partial charge in [0.25, 0.3) is 0 Å². The van der Waals surface area contributed by atoms with E-state index in [1.165, 1.54) is 19.8 Å². The Morgan fingerprint density at radius 1 is 1.16 bits per heavy atom. The Kier molecular flexibility index (Phi) is 6.19. The summed E-state index contributed by atoms with van der Waals surface area (Å²) in [6, 6.07) is 9.25. The van der Waals surface area contributed by atoms with Crippen LogP contribution in [0.2, 0.25) is 0 Å². The van der Waals surface area contributed by atoms with Gasteiger partial charge in [0.15, 0.2) is 16.6 Å². The number of phenolic OH excluding ortho intramolecular Hbond substituents is 1. The van der Waals surface area contributed by atoms with E-state index in [9.17, 15) is 5.11 Å². The fourth-order valence-electron chi connectivity index (χ4n) is 2.19. The van der Waals surface area contributed by atoms with E-state index in [4.69, 9.17) is 21.7 Å². The monoisotopic (exact) mass is 359 g/mol. The molecule has 25 heavy (non-hydrogen) atoms. The van der Waals surface area contributed by atoms with Gasteiger partial charge in [0.2, 0.25) is 5.75 Å². The Morgan fingerprint density at radius 2 is 1.80 bits per heavy atom. The number of aromatic hydroxyl groups is 1. The number of nitrogens with one attached hydrogen (secondary N) is 2. The third-order valence-corrected chi connectivity index (χ3v) is 3.93. The van der Waals surface area contributed by atoms with Crippen molar-refractivity contribution in [2.45, 2.75) is 13.8 Å². The lowest BCUT2D eigenvalue weighted by molar-refractivity contribution is 0.340. The molecule has 0 aliphatic rings. The van der Waals surface area contributed by atoms with Crippen molar-refractivity contribution in [1.82, 2.24) is 5.43 Å². The smallest absolute Gasteiger partial charge is 0.200 e. The lowest BCUT2D eigenvalue weighted by atomic mass is 10.1. The molecule has 0 fully saturated rings. The van der Waals surface area contributed by atoms with E-state index in [2.05, 4.69) is 15.8 Å². The average molecular weight is 359 g/mol. The Hall–Kier alpha value is -2.80. The predicted molar refractivity (Wildman–Crippen MR) is 104 cm³/mol. The average Bonchev–Trinajstić information content (AvgIpc) is 2.60. The molecule has 2 aromatic rings. The van der Waals surface area contributed by atoms with Gasteiger partial charge < -0.3 is 19.9 Å². The predicted octanol–water partition coefficient (Wildman–Crippen LogP) is 3.35. The van der Waals surface area contributed by atoms with Gasteiger partial charge in [-0.25, -0.2) is 0 Å². The van der Waals surface area contributed by atoms with Crippen molar-refractivity contribution in [3.05, 3.63) is 47.0 Å². The number of phenols is 1. The minimum Gasteiger partial charge on any atom is -0.502 e. The second-order valence-electron chi connectivity index (χ2n) is 5.35. The lowest BCUT2D eigenvalue weighted by Gasteiger charge is -2.11. The summed E-state index contributed by atoms with van der Waals surface area (Å²) in [7, 11) is 2.94. The van der Waals surface area contributed by atoms with Crippen molar-refractivity contribution >= 4 is 29.2 Å². The largest absolute Gasteiger partial charge is 0.502 e. The van der Waals surface area contributed by atoms with Crippen molar-refractivity contribution in [3.63, 3.8) is 0 Å². The summed E-state index contributed by atoms with van der Waals surface area (Å²) in [4.78, 5) is 0. The van der Waals surface area contributed by atoms with Gasteiger partial charge in [0.1, 0.15) is 0 Å². The highest BCUT2D eigenvalue weighted by atomic mass is 32.1. The maximum Gasteiger partial charge on any atom is 0.200 e. The van der Waals surface area contributed by atoms with E-state index in [0.717, 1.165) is 11.3 Å². The summed E-state index contributed by atoms with van der Waals surface area (Å²) in [5, 5.41) is 17.5. The molecule has 0 bridgehead atoms. The van der Waals surface area contributed by atoms with Crippen molar-refractivity contribution in [2.24, 2.45) is 5.10 Å². The summed E-state index contributed by atoms with van der Waals surface area (Å²) in [5.41, 5.74) is 6.69. The molecule has 0 aliphatic carbocycles. The minimum absolute atomic E-state index is 0.0535. The molecule has 0 amide bonds. The molecule has 0 heterocycles. The lowest BCUT2D eigenvalue weighted by Crippen LogP contribution is -2.24. The molecule has 0 unspecified atom stereocenters. The highest BCUT2D eigenvalue weighted by Crippen LogP contribution is 2.36. The number of benzene rings is 2. The zero-order chi connectivity index (χ0) is 18.4. The van der Waals surface area contributed by atoms with Gasteiger partial charge in [-0.1, -0.05) is 12.1 Å². The van der Waals surface area contributed by atoms with Gasteiger partial charge in [-0.15, -0.1) is 0 Å². The number of hydrazone groups is 1. The van der Waals surface area contributed by atoms with Gasteiger partial charge in [-0.05, 0) is 55.4 Å². The SMILES string of the molecule is COc1cc(C=NNC(=S)Nc2cccc(C)c2C)cc(OC)c1O. The summed E-state index contributed by atoms with van der Waals surface area (Å²) in [6.45, 7) is 4.07. The Morgan fingerprint density at radius 3 is 2.40 bits per heavy atom. The van der Waals surface area contributed by atoms with Gasteiger partial charge >= 0.3 is 0 Å². The molecule has 0 aliphatic heterocycles. The van der Waals surface area contributed by atoms with Crippen LogP contribution in [0.3, 0.4) is 0 Å². The fourth-order valence-corrected chi connectivity index (χ4v) is 2.35.